The van der Waals surface area contributed by atoms with Gasteiger partial charge in [-0.15, -0.1) is 0 Å². The van der Waals surface area contributed by atoms with Gasteiger partial charge in [0.1, 0.15) is 13.2 Å². The summed E-state index contributed by atoms with van der Waals surface area (Å²) in [4.78, 5) is 11.6. The van der Waals surface area contributed by atoms with Crippen molar-refractivity contribution in [3.8, 4) is 0 Å². The summed E-state index contributed by atoms with van der Waals surface area (Å²) in [6.45, 7) is 1.59. The summed E-state index contributed by atoms with van der Waals surface area (Å²) in [5, 5.41) is 0. The number of carbonyl (C=O) groups excluding carboxylic acids is 1. The van der Waals surface area contributed by atoms with Crippen molar-refractivity contribution in [3.63, 3.8) is 0 Å². The third kappa shape index (κ3) is 5.02. The molecule has 0 amide bonds. The fourth-order valence-electron chi connectivity index (χ4n) is 2.10. The summed E-state index contributed by atoms with van der Waals surface area (Å²) in [6, 6.07) is 0. The van der Waals surface area contributed by atoms with Gasteiger partial charge in [0.25, 0.3) is 0 Å². The summed E-state index contributed by atoms with van der Waals surface area (Å²) in [7, 11) is 0. The molecule has 2 aliphatic rings. The fraction of sp³-hybridized carbons (Fsp3) is 0.923. The van der Waals surface area contributed by atoms with Crippen molar-refractivity contribution in [2.75, 3.05) is 26.4 Å². The molecule has 5 heteroatoms. The van der Waals surface area contributed by atoms with E-state index < -0.39 is 0 Å². The molecule has 2 fully saturated rings. The number of rotatable bonds is 6. The fourth-order valence-corrected chi connectivity index (χ4v) is 2.10. The van der Waals surface area contributed by atoms with Crippen LogP contribution < -0.4 is 0 Å². The second kappa shape index (κ2) is 7.84. The van der Waals surface area contributed by atoms with Crippen molar-refractivity contribution >= 4 is 5.78 Å². The number of hydrogen-bond donors (Lipinski definition) is 0. The average molecular weight is 258 g/mol. The molecule has 2 rings (SSSR count). The Kier molecular flexibility index (Phi) is 6.07. The zero-order valence-corrected chi connectivity index (χ0v) is 10.8. The second-order valence-corrected chi connectivity index (χ2v) is 4.75. The van der Waals surface area contributed by atoms with Crippen molar-refractivity contribution < 1.29 is 23.7 Å². The van der Waals surface area contributed by atoms with Crippen molar-refractivity contribution in [2.24, 2.45) is 0 Å². The summed E-state index contributed by atoms with van der Waals surface area (Å²) >= 11 is 0. The van der Waals surface area contributed by atoms with Gasteiger partial charge in [-0.2, -0.15) is 0 Å². The normalized spacial score (nSPS) is 29.1. The van der Waals surface area contributed by atoms with E-state index in [1.54, 1.807) is 0 Å². The maximum absolute atomic E-state index is 11.6. The van der Waals surface area contributed by atoms with E-state index >= 15 is 0 Å². The van der Waals surface area contributed by atoms with Gasteiger partial charge in [0.15, 0.2) is 18.4 Å². The quantitative estimate of drug-likeness (QED) is 0.725. The summed E-state index contributed by atoms with van der Waals surface area (Å²) < 4.78 is 21.5. The van der Waals surface area contributed by atoms with Crippen LogP contribution in [0, 0.1) is 0 Å². The smallest absolute Gasteiger partial charge is 0.184 e. The van der Waals surface area contributed by atoms with Crippen LogP contribution in [0.2, 0.25) is 0 Å². The van der Waals surface area contributed by atoms with Gasteiger partial charge in [0, 0.05) is 13.2 Å². The van der Waals surface area contributed by atoms with Gasteiger partial charge in [-0.25, -0.2) is 0 Å². The number of hydrogen-bond acceptors (Lipinski definition) is 5. The van der Waals surface area contributed by atoms with Crippen LogP contribution in [-0.2, 0) is 23.7 Å². The molecule has 0 aliphatic carbocycles. The Morgan fingerprint density at radius 2 is 1.39 bits per heavy atom. The molecule has 104 valence electrons. The van der Waals surface area contributed by atoms with Gasteiger partial charge in [0.2, 0.25) is 0 Å². The van der Waals surface area contributed by atoms with Gasteiger partial charge in [-0.1, -0.05) is 0 Å². The number of Topliss-reactive ketones (excluding diaryl/α,β-unsaturated/α-hetero) is 1. The molecule has 0 N–H and O–H groups in total. The van der Waals surface area contributed by atoms with Crippen LogP contribution >= 0.6 is 0 Å². The molecule has 2 saturated heterocycles. The molecule has 0 aromatic rings. The standard InChI is InChI=1S/C13H22O5/c14-11(9-17-12-5-1-3-7-15-12)10-18-13-6-2-4-8-16-13/h12-13H,1-10H2. The topological polar surface area (TPSA) is 54.0 Å². The molecule has 0 aromatic carbocycles. The molecular formula is C13H22O5. The zero-order chi connectivity index (χ0) is 12.6. The van der Waals surface area contributed by atoms with Crippen molar-refractivity contribution in [2.45, 2.75) is 51.1 Å². The number of ketones is 1. The number of carbonyl (C=O) groups is 1. The van der Waals surface area contributed by atoms with Crippen LogP contribution in [-0.4, -0.2) is 44.8 Å². The van der Waals surface area contributed by atoms with Crippen LogP contribution in [0.5, 0.6) is 0 Å². The maximum atomic E-state index is 11.6. The monoisotopic (exact) mass is 258 g/mol. The third-order valence-electron chi connectivity index (χ3n) is 3.14. The SMILES string of the molecule is O=C(COC1CCCCO1)COC1CCCCO1. The lowest BCUT2D eigenvalue weighted by Gasteiger charge is -2.23. The number of ether oxygens (including phenoxy) is 4. The summed E-state index contributed by atoms with van der Waals surface area (Å²) in [6.07, 6.45) is 5.68. The Morgan fingerprint density at radius 3 is 1.78 bits per heavy atom. The molecule has 0 bridgehead atoms. The largest absolute Gasteiger partial charge is 0.353 e. The molecule has 2 heterocycles. The highest BCUT2D eigenvalue weighted by atomic mass is 16.7. The molecule has 5 nitrogen and oxygen atoms in total. The van der Waals surface area contributed by atoms with Crippen LogP contribution in [0.25, 0.3) is 0 Å². The maximum Gasteiger partial charge on any atom is 0.184 e. The van der Waals surface area contributed by atoms with Gasteiger partial charge in [-0.05, 0) is 38.5 Å². The third-order valence-corrected chi connectivity index (χ3v) is 3.14. The highest BCUT2D eigenvalue weighted by Crippen LogP contribution is 2.15. The Morgan fingerprint density at radius 1 is 0.889 bits per heavy atom. The molecule has 2 aliphatic heterocycles. The van der Waals surface area contributed by atoms with Crippen molar-refractivity contribution in [1.82, 2.24) is 0 Å². The minimum absolute atomic E-state index is 0.0571. The second-order valence-electron chi connectivity index (χ2n) is 4.75. The van der Waals surface area contributed by atoms with Gasteiger partial charge in [0.05, 0.1) is 0 Å². The summed E-state index contributed by atoms with van der Waals surface area (Å²) in [5.41, 5.74) is 0. The first-order chi connectivity index (χ1) is 8.84. The van der Waals surface area contributed by atoms with Crippen LogP contribution in [0.15, 0.2) is 0 Å². The van der Waals surface area contributed by atoms with Crippen LogP contribution in [0.1, 0.15) is 38.5 Å². The molecule has 0 spiro atoms. The molecule has 0 saturated carbocycles. The first-order valence-electron chi connectivity index (χ1n) is 6.83. The van der Waals surface area contributed by atoms with E-state index in [9.17, 15) is 4.79 Å². The zero-order valence-electron chi connectivity index (χ0n) is 10.8. The molecule has 18 heavy (non-hydrogen) atoms. The first kappa shape index (κ1) is 13.9. The molecule has 0 aromatic heterocycles. The van der Waals surface area contributed by atoms with E-state index in [-0.39, 0.29) is 31.6 Å². The predicted octanol–water partition coefficient (Wildman–Crippen LogP) is 1.64. The molecule has 0 radical (unpaired) electrons. The highest BCUT2D eigenvalue weighted by Gasteiger charge is 2.18. The molecular weight excluding hydrogens is 236 g/mol. The lowest BCUT2D eigenvalue weighted by molar-refractivity contribution is -0.184. The van der Waals surface area contributed by atoms with Crippen molar-refractivity contribution in [1.29, 1.82) is 0 Å². The lowest BCUT2D eigenvalue weighted by atomic mass is 10.2. The lowest BCUT2D eigenvalue weighted by Crippen LogP contribution is -2.29. The van der Waals surface area contributed by atoms with E-state index in [1.165, 1.54) is 0 Å². The molecule has 2 atom stereocenters. The first-order valence-corrected chi connectivity index (χ1v) is 6.83. The minimum Gasteiger partial charge on any atom is -0.353 e. The van der Waals surface area contributed by atoms with E-state index in [0.717, 1.165) is 51.7 Å². The van der Waals surface area contributed by atoms with E-state index in [0.29, 0.717) is 0 Å². The van der Waals surface area contributed by atoms with E-state index in [4.69, 9.17) is 18.9 Å². The minimum atomic E-state index is -0.214. The van der Waals surface area contributed by atoms with E-state index in [1.807, 2.05) is 0 Å². The van der Waals surface area contributed by atoms with Gasteiger partial charge < -0.3 is 18.9 Å². The van der Waals surface area contributed by atoms with Crippen LogP contribution in [0.3, 0.4) is 0 Å². The Labute approximate surface area is 108 Å². The van der Waals surface area contributed by atoms with Crippen LogP contribution in [0.4, 0.5) is 0 Å². The molecule has 2 unspecified atom stereocenters. The highest BCUT2D eigenvalue weighted by molar-refractivity contribution is 5.80. The Hall–Kier alpha value is -0.490. The van der Waals surface area contributed by atoms with E-state index in [2.05, 4.69) is 0 Å². The average Bonchev–Trinajstić information content (AvgIpc) is 2.45. The summed E-state index contributed by atoms with van der Waals surface area (Å²) in [5.74, 6) is -0.0571. The van der Waals surface area contributed by atoms with Gasteiger partial charge in [-0.3, -0.25) is 4.79 Å². The van der Waals surface area contributed by atoms with Gasteiger partial charge >= 0.3 is 0 Å². The Bertz CT molecular complexity index is 220. The Balaban J connectivity index is 1.54. The predicted molar refractivity (Wildman–Crippen MR) is 64.1 cm³/mol. The van der Waals surface area contributed by atoms with Crippen molar-refractivity contribution in [3.05, 3.63) is 0 Å².